The van der Waals surface area contributed by atoms with E-state index in [-0.39, 0.29) is 11.3 Å². The molecule has 0 bridgehead atoms. The molecule has 1 saturated heterocycles. The van der Waals surface area contributed by atoms with Crippen LogP contribution in [0, 0.1) is 13.8 Å². The minimum absolute atomic E-state index is 0.0993. The van der Waals surface area contributed by atoms with Crippen LogP contribution in [-0.4, -0.2) is 36.5 Å². The van der Waals surface area contributed by atoms with Crippen molar-refractivity contribution in [3.05, 3.63) is 94.1 Å². The van der Waals surface area contributed by atoms with Gasteiger partial charge < -0.3 is 14.7 Å². The molecule has 0 aromatic heterocycles. The van der Waals surface area contributed by atoms with Crippen LogP contribution in [0.25, 0.3) is 5.76 Å². The molecular formula is C32H34N2O4. The highest BCUT2D eigenvalue weighted by molar-refractivity contribution is 6.51. The summed E-state index contributed by atoms with van der Waals surface area (Å²) >= 11 is 0. The second-order valence-electron chi connectivity index (χ2n) is 10.00. The van der Waals surface area contributed by atoms with Crippen molar-refractivity contribution in [3.8, 4) is 5.75 Å². The third kappa shape index (κ3) is 4.44. The van der Waals surface area contributed by atoms with E-state index in [2.05, 4.69) is 18.7 Å². The zero-order valence-electron chi connectivity index (χ0n) is 22.5. The maximum absolute atomic E-state index is 13.6. The van der Waals surface area contributed by atoms with Crippen LogP contribution in [0.4, 0.5) is 11.4 Å². The summed E-state index contributed by atoms with van der Waals surface area (Å²) in [6.07, 6.45) is 1.73. The smallest absolute Gasteiger partial charge is 0.300 e. The molecule has 38 heavy (non-hydrogen) atoms. The predicted octanol–water partition coefficient (Wildman–Crippen LogP) is 6.10. The van der Waals surface area contributed by atoms with Gasteiger partial charge in [0.05, 0.1) is 18.2 Å². The van der Waals surface area contributed by atoms with Gasteiger partial charge in [0.1, 0.15) is 11.5 Å². The Morgan fingerprint density at radius 3 is 2.42 bits per heavy atom. The van der Waals surface area contributed by atoms with E-state index in [0.717, 1.165) is 59.6 Å². The first-order valence-corrected chi connectivity index (χ1v) is 13.3. The standard InChI is InChI=1S/C32H34N2O4/c1-5-33(6-2)25-13-10-22(11-14-25)29-28(30(35)24-12-16-27-23(19-24)8-7-17-38-27)31(36)32(37)34(29)26-15-9-20(3)18-21(26)4/h9-16,18-19,29,35H,5-8,17H2,1-4H3/b30-28-. The molecule has 2 aliphatic heterocycles. The SMILES string of the molecule is CCN(CC)c1ccc(C2/C(=C(/O)c3ccc4c(c3)CCCO4)C(=O)C(=O)N2c2ccc(C)cc2C)cc1. The summed E-state index contributed by atoms with van der Waals surface area (Å²) in [6.45, 7) is 10.6. The Hall–Kier alpha value is -4.06. The first-order chi connectivity index (χ1) is 18.3. The van der Waals surface area contributed by atoms with E-state index in [4.69, 9.17) is 4.74 Å². The van der Waals surface area contributed by atoms with Gasteiger partial charge in [-0.25, -0.2) is 0 Å². The molecular weight excluding hydrogens is 476 g/mol. The van der Waals surface area contributed by atoms with E-state index in [1.807, 2.05) is 68.4 Å². The Morgan fingerprint density at radius 2 is 1.74 bits per heavy atom. The molecule has 1 unspecified atom stereocenters. The molecule has 0 radical (unpaired) electrons. The summed E-state index contributed by atoms with van der Waals surface area (Å²) in [6, 6.07) is 18.4. The molecule has 2 heterocycles. The molecule has 1 atom stereocenters. The van der Waals surface area contributed by atoms with Gasteiger partial charge in [0, 0.05) is 30.0 Å². The van der Waals surface area contributed by atoms with Crippen molar-refractivity contribution < 1.29 is 19.4 Å². The fourth-order valence-corrected chi connectivity index (χ4v) is 5.59. The van der Waals surface area contributed by atoms with Gasteiger partial charge in [-0.15, -0.1) is 0 Å². The molecule has 1 amide bonds. The molecule has 5 rings (SSSR count). The van der Waals surface area contributed by atoms with Crippen LogP contribution in [0.5, 0.6) is 5.75 Å². The first-order valence-electron chi connectivity index (χ1n) is 13.3. The number of aryl methyl sites for hydroxylation is 3. The minimum atomic E-state index is -0.755. The number of amides is 1. The van der Waals surface area contributed by atoms with Crippen LogP contribution in [-0.2, 0) is 16.0 Å². The van der Waals surface area contributed by atoms with Gasteiger partial charge in [-0.2, -0.15) is 0 Å². The first kappa shape index (κ1) is 25.6. The van der Waals surface area contributed by atoms with Crippen molar-refractivity contribution >= 4 is 28.8 Å². The van der Waals surface area contributed by atoms with Crippen LogP contribution < -0.4 is 14.5 Å². The number of nitrogens with zero attached hydrogens (tertiary/aromatic N) is 2. The van der Waals surface area contributed by atoms with E-state index in [1.54, 1.807) is 6.07 Å². The van der Waals surface area contributed by atoms with E-state index >= 15 is 0 Å². The zero-order chi connectivity index (χ0) is 27.0. The molecule has 0 saturated carbocycles. The summed E-state index contributed by atoms with van der Waals surface area (Å²) < 4.78 is 5.73. The average molecular weight is 511 g/mol. The molecule has 0 aliphatic carbocycles. The van der Waals surface area contributed by atoms with Crippen molar-refractivity contribution in [1.82, 2.24) is 0 Å². The Kier molecular flexibility index (Phi) is 6.98. The average Bonchev–Trinajstić information content (AvgIpc) is 3.19. The number of aliphatic hydroxyl groups is 1. The fraction of sp³-hybridized carbons (Fsp3) is 0.312. The fourth-order valence-electron chi connectivity index (χ4n) is 5.59. The Bertz CT molecular complexity index is 1420. The lowest BCUT2D eigenvalue weighted by molar-refractivity contribution is -0.132. The molecule has 3 aromatic rings. The highest BCUT2D eigenvalue weighted by atomic mass is 16.5. The molecule has 1 N–H and O–H groups in total. The monoisotopic (exact) mass is 510 g/mol. The third-order valence-electron chi connectivity index (χ3n) is 7.58. The van der Waals surface area contributed by atoms with E-state index < -0.39 is 17.7 Å². The molecule has 196 valence electrons. The number of hydrogen-bond acceptors (Lipinski definition) is 5. The van der Waals surface area contributed by atoms with Crippen molar-refractivity contribution in [2.45, 2.75) is 46.6 Å². The molecule has 6 nitrogen and oxygen atoms in total. The summed E-state index contributed by atoms with van der Waals surface area (Å²) in [4.78, 5) is 30.9. The number of rotatable bonds is 6. The number of fused-ring (bicyclic) bond motifs is 1. The lowest BCUT2D eigenvalue weighted by Gasteiger charge is -2.28. The highest BCUT2D eigenvalue weighted by Gasteiger charge is 2.47. The topological polar surface area (TPSA) is 70.1 Å². The van der Waals surface area contributed by atoms with Gasteiger partial charge in [-0.05, 0) is 93.6 Å². The Labute approximate surface area is 224 Å². The number of carbonyl (C=O) groups excluding carboxylic acids is 2. The normalized spacial score (nSPS) is 18.3. The van der Waals surface area contributed by atoms with E-state index in [9.17, 15) is 14.7 Å². The van der Waals surface area contributed by atoms with Crippen molar-refractivity contribution in [2.24, 2.45) is 0 Å². The summed E-state index contributed by atoms with van der Waals surface area (Å²) in [5, 5.41) is 11.6. The van der Waals surface area contributed by atoms with E-state index in [1.165, 1.54) is 4.90 Å². The number of carbonyl (C=O) groups is 2. The van der Waals surface area contributed by atoms with Gasteiger partial charge in [0.25, 0.3) is 11.7 Å². The maximum atomic E-state index is 13.6. The molecule has 3 aromatic carbocycles. The number of ketones is 1. The second-order valence-corrected chi connectivity index (χ2v) is 10.00. The van der Waals surface area contributed by atoms with Gasteiger partial charge >= 0.3 is 0 Å². The zero-order valence-corrected chi connectivity index (χ0v) is 22.5. The largest absolute Gasteiger partial charge is 0.507 e. The number of hydrogen-bond donors (Lipinski definition) is 1. The molecule has 1 fully saturated rings. The van der Waals surface area contributed by atoms with Crippen LogP contribution in [0.15, 0.2) is 66.2 Å². The molecule has 2 aliphatic rings. The number of Topliss-reactive ketones (excluding diaryl/α,β-unsaturated/α-hetero) is 1. The third-order valence-corrected chi connectivity index (χ3v) is 7.58. The van der Waals surface area contributed by atoms with Crippen LogP contribution >= 0.6 is 0 Å². The quantitative estimate of drug-likeness (QED) is 0.246. The van der Waals surface area contributed by atoms with Gasteiger partial charge in [-0.3, -0.25) is 14.5 Å². The van der Waals surface area contributed by atoms with E-state index in [0.29, 0.717) is 17.9 Å². The number of ether oxygens (including phenoxy) is 1. The summed E-state index contributed by atoms with van der Waals surface area (Å²) in [7, 11) is 0. The minimum Gasteiger partial charge on any atom is -0.507 e. The number of benzene rings is 3. The van der Waals surface area contributed by atoms with Crippen molar-refractivity contribution in [3.63, 3.8) is 0 Å². The van der Waals surface area contributed by atoms with Gasteiger partial charge in [0.15, 0.2) is 0 Å². The summed E-state index contributed by atoms with van der Waals surface area (Å²) in [5.74, 6) is -0.694. The molecule has 0 spiro atoms. The van der Waals surface area contributed by atoms with Gasteiger partial charge in [0.2, 0.25) is 0 Å². The Balaban J connectivity index is 1.68. The highest BCUT2D eigenvalue weighted by Crippen LogP contribution is 2.44. The van der Waals surface area contributed by atoms with Crippen molar-refractivity contribution in [1.29, 1.82) is 0 Å². The maximum Gasteiger partial charge on any atom is 0.300 e. The Morgan fingerprint density at radius 1 is 1.00 bits per heavy atom. The summed E-state index contributed by atoms with van der Waals surface area (Å²) in [5.41, 5.74) is 6.05. The number of aliphatic hydroxyl groups excluding tert-OH is 1. The molecule has 6 heteroatoms. The van der Waals surface area contributed by atoms with Crippen molar-refractivity contribution in [2.75, 3.05) is 29.5 Å². The lowest BCUT2D eigenvalue weighted by Crippen LogP contribution is -2.30. The lowest BCUT2D eigenvalue weighted by atomic mass is 9.93. The number of anilines is 2. The van der Waals surface area contributed by atoms with Crippen LogP contribution in [0.1, 0.15) is 54.1 Å². The second kappa shape index (κ2) is 10.4. The van der Waals surface area contributed by atoms with Gasteiger partial charge in [-0.1, -0.05) is 29.8 Å². The van der Waals surface area contributed by atoms with Crippen LogP contribution in [0.3, 0.4) is 0 Å². The van der Waals surface area contributed by atoms with Crippen LogP contribution in [0.2, 0.25) is 0 Å². The predicted molar refractivity (Wildman–Crippen MR) is 151 cm³/mol.